The van der Waals surface area contributed by atoms with E-state index in [2.05, 4.69) is 15.9 Å². The molecule has 3 aromatic rings. The number of hydrogen-bond donors (Lipinski definition) is 0. The molecule has 0 amide bonds. The molecule has 0 spiro atoms. The molecule has 0 saturated heterocycles. The standard InChI is InChI=1S/C36H40F3N3O6/c1-41(2)35-27-18-33(47-6)30(44-3)15-22(27)13-25(19-40)42-28(35)14-23-16-31(45-4)32(46-5)17-26(23)29(42)20-48-34(43)12-9-21-7-10-24(11-8-21)36(37,38)39/h7-8,10-11,15-18,25,28-29,35H,9,12-14,20H2,1-6H3/t25-,28?,29+,35-/m1/s1. The lowest BCUT2D eigenvalue weighted by atomic mass is 9.82. The summed E-state index contributed by atoms with van der Waals surface area (Å²) < 4.78 is 67.5. The topological polar surface area (TPSA) is 93.5 Å². The first kappa shape index (κ1) is 34.9. The monoisotopic (exact) mass is 667 g/mol. The number of carbonyl (C=O) groups is 1. The van der Waals surface area contributed by atoms with Gasteiger partial charge in [-0.3, -0.25) is 9.69 Å². The van der Waals surface area contributed by atoms with Crippen molar-refractivity contribution < 1.29 is 41.7 Å². The van der Waals surface area contributed by atoms with Gasteiger partial charge in [0.05, 0.1) is 52.2 Å². The van der Waals surface area contributed by atoms with Crippen molar-refractivity contribution in [2.24, 2.45) is 0 Å². The van der Waals surface area contributed by atoms with E-state index in [4.69, 9.17) is 23.7 Å². The summed E-state index contributed by atoms with van der Waals surface area (Å²) in [6.07, 6.45) is -3.26. The van der Waals surface area contributed by atoms with Crippen LogP contribution in [-0.2, 0) is 35.0 Å². The van der Waals surface area contributed by atoms with Gasteiger partial charge in [0.25, 0.3) is 0 Å². The first-order valence-corrected chi connectivity index (χ1v) is 15.6. The van der Waals surface area contributed by atoms with E-state index in [1.807, 2.05) is 38.4 Å². The molecule has 0 fully saturated rings. The van der Waals surface area contributed by atoms with Crippen molar-refractivity contribution in [3.63, 3.8) is 0 Å². The largest absolute Gasteiger partial charge is 0.493 e. The van der Waals surface area contributed by atoms with Crippen molar-refractivity contribution in [2.75, 3.05) is 49.1 Å². The third-order valence-corrected chi connectivity index (χ3v) is 9.28. The molecule has 1 unspecified atom stereocenters. The van der Waals surface area contributed by atoms with Crippen LogP contribution in [0, 0.1) is 11.3 Å². The van der Waals surface area contributed by atoms with Crippen molar-refractivity contribution in [1.29, 1.82) is 5.26 Å². The number of nitriles is 1. The van der Waals surface area contributed by atoms with Crippen LogP contribution in [0.15, 0.2) is 48.5 Å². The maximum absolute atomic E-state index is 13.1. The summed E-state index contributed by atoms with van der Waals surface area (Å²) in [5.41, 5.74) is 3.66. The van der Waals surface area contributed by atoms with Crippen LogP contribution in [0.25, 0.3) is 0 Å². The fraction of sp³-hybridized carbons (Fsp3) is 0.444. The van der Waals surface area contributed by atoms with Gasteiger partial charge in [0.1, 0.15) is 12.6 Å². The van der Waals surface area contributed by atoms with Gasteiger partial charge in [-0.15, -0.1) is 0 Å². The quantitative estimate of drug-likeness (QED) is 0.244. The highest BCUT2D eigenvalue weighted by Crippen LogP contribution is 2.48. The number of carbonyl (C=O) groups excluding carboxylic acids is 1. The second-order valence-corrected chi connectivity index (χ2v) is 12.2. The van der Waals surface area contributed by atoms with E-state index in [9.17, 15) is 23.2 Å². The number of ether oxygens (including phenoxy) is 5. The summed E-state index contributed by atoms with van der Waals surface area (Å²) in [5, 5.41) is 10.7. The Labute approximate surface area is 278 Å². The van der Waals surface area contributed by atoms with Crippen molar-refractivity contribution in [3.8, 4) is 29.1 Å². The second-order valence-electron chi connectivity index (χ2n) is 12.2. The van der Waals surface area contributed by atoms with Gasteiger partial charge in [-0.05, 0) is 91.2 Å². The van der Waals surface area contributed by atoms with Crippen molar-refractivity contribution >= 4 is 5.97 Å². The first-order valence-electron chi connectivity index (χ1n) is 15.6. The van der Waals surface area contributed by atoms with Crippen LogP contribution in [0.5, 0.6) is 23.0 Å². The Morgan fingerprint density at radius 2 is 1.42 bits per heavy atom. The Bertz CT molecular complexity index is 1670. The Morgan fingerprint density at radius 1 is 0.875 bits per heavy atom. The molecule has 5 rings (SSSR count). The van der Waals surface area contributed by atoms with Crippen LogP contribution in [0.3, 0.4) is 0 Å². The zero-order valence-electron chi connectivity index (χ0n) is 27.9. The number of aryl methyl sites for hydroxylation is 1. The van der Waals surface area contributed by atoms with Gasteiger partial charge >= 0.3 is 12.1 Å². The number of benzene rings is 3. The van der Waals surface area contributed by atoms with Gasteiger partial charge in [-0.2, -0.15) is 18.4 Å². The van der Waals surface area contributed by atoms with E-state index in [0.29, 0.717) is 41.4 Å². The predicted octanol–water partition coefficient (Wildman–Crippen LogP) is 5.93. The normalized spacial score (nSPS) is 20.4. The van der Waals surface area contributed by atoms with Crippen LogP contribution < -0.4 is 18.9 Å². The molecule has 48 heavy (non-hydrogen) atoms. The van der Waals surface area contributed by atoms with E-state index in [1.54, 1.807) is 28.4 Å². The molecule has 2 heterocycles. The van der Waals surface area contributed by atoms with Crippen molar-refractivity contribution in [3.05, 3.63) is 81.9 Å². The van der Waals surface area contributed by atoms with Gasteiger partial charge in [-0.25, -0.2) is 0 Å². The minimum absolute atomic E-state index is 0.0205. The Hall–Kier alpha value is -4.47. The number of hydrogen-bond acceptors (Lipinski definition) is 9. The van der Waals surface area contributed by atoms with E-state index in [0.717, 1.165) is 34.4 Å². The minimum Gasteiger partial charge on any atom is -0.493 e. The number of rotatable bonds is 10. The van der Waals surface area contributed by atoms with E-state index in [-0.39, 0.29) is 31.5 Å². The average molecular weight is 668 g/mol. The Morgan fingerprint density at radius 3 is 1.94 bits per heavy atom. The van der Waals surface area contributed by atoms with Crippen LogP contribution >= 0.6 is 0 Å². The minimum atomic E-state index is -4.43. The van der Waals surface area contributed by atoms with Crippen molar-refractivity contribution in [2.45, 2.75) is 56.0 Å². The number of alkyl halides is 3. The summed E-state index contributed by atoms with van der Waals surface area (Å²) in [5.74, 6) is 1.74. The maximum atomic E-state index is 13.1. The molecule has 0 bridgehead atoms. The smallest absolute Gasteiger partial charge is 0.416 e. The average Bonchev–Trinajstić information content (AvgIpc) is 3.21. The molecule has 0 radical (unpaired) electrons. The van der Waals surface area contributed by atoms with Gasteiger partial charge in [0, 0.05) is 18.9 Å². The maximum Gasteiger partial charge on any atom is 0.416 e. The molecule has 4 atom stereocenters. The lowest BCUT2D eigenvalue weighted by molar-refractivity contribution is -0.146. The first-order chi connectivity index (χ1) is 22.9. The number of methoxy groups -OCH3 is 4. The van der Waals surface area contributed by atoms with E-state index < -0.39 is 29.8 Å². The van der Waals surface area contributed by atoms with Crippen molar-refractivity contribution in [1.82, 2.24) is 9.80 Å². The zero-order valence-corrected chi connectivity index (χ0v) is 27.9. The summed E-state index contributed by atoms with van der Waals surface area (Å²) in [4.78, 5) is 17.4. The fourth-order valence-electron chi connectivity index (χ4n) is 7.04. The number of likely N-dealkylation sites (N-methyl/N-ethyl adjacent to an activating group) is 1. The van der Waals surface area contributed by atoms with Gasteiger partial charge in [0.15, 0.2) is 23.0 Å². The number of esters is 1. The van der Waals surface area contributed by atoms with Gasteiger partial charge in [-0.1, -0.05) is 12.1 Å². The molecule has 0 N–H and O–H groups in total. The summed E-state index contributed by atoms with van der Waals surface area (Å²) >= 11 is 0. The molecule has 0 aromatic heterocycles. The number of halogens is 3. The summed E-state index contributed by atoms with van der Waals surface area (Å²) in [7, 11) is 10.3. The SMILES string of the molecule is COc1cc2c(cc1OC)[C@@H](N(C)C)C1Cc3cc(OC)c(OC)cc3[C@H](COC(=O)CCc3ccc(C(F)(F)F)cc3)N1[C@@H](C#N)C2. The highest BCUT2D eigenvalue weighted by Gasteiger charge is 2.47. The molecule has 9 nitrogen and oxygen atoms in total. The van der Waals surface area contributed by atoms with Crippen LogP contribution in [0.1, 0.15) is 51.9 Å². The Balaban J connectivity index is 1.51. The summed E-state index contributed by atoms with van der Waals surface area (Å²) in [6, 6.07) is 13.5. The number of nitrogens with zero attached hydrogens (tertiary/aromatic N) is 3. The van der Waals surface area contributed by atoms with Crippen LogP contribution in [0.4, 0.5) is 13.2 Å². The zero-order chi connectivity index (χ0) is 34.7. The molecule has 256 valence electrons. The molecule has 3 aromatic carbocycles. The molecular weight excluding hydrogens is 627 g/mol. The lowest BCUT2D eigenvalue weighted by Crippen LogP contribution is -2.54. The highest BCUT2D eigenvalue weighted by atomic mass is 19.4. The van der Waals surface area contributed by atoms with E-state index >= 15 is 0 Å². The van der Waals surface area contributed by atoms with E-state index in [1.165, 1.54) is 12.1 Å². The van der Waals surface area contributed by atoms with Crippen LogP contribution in [0.2, 0.25) is 0 Å². The molecule has 2 aliphatic rings. The third kappa shape index (κ3) is 6.89. The highest BCUT2D eigenvalue weighted by molar-refractivity contribution is 5.69. The summed E-state index contributed by atoms with van der Waals surface area (Å²) in [6.45, 7) is -0.0495. The molecule has 12 heteroatoms. The molecule has 0 aliphatic carbocycles. The Kier molecular flexibility index (Phi) is 10.4. The third-order valence-electron chi connectivity index (χ3n) is 9.28. The molecule has 0 saturated carbocycles. The molecular formula is C36H40F3N3O6. The second kappa shape index (κ2) is 14.3. The van der Waals surface area contributed by atoms with Gasteiger partial charge < -0.3 is 28.6 Å². The van der Waals surface area contributed by atoms with Crippen LogP contribution in [-0.4, -0.2) is 77.0 Å². The molecule has 2 aliphatic heterocycles. The fourth-order valence-corrected chi connectivity index (χ4v) is 7.04. The number of fused-ring (bicyclic) bond motifs is 3. The lowest BCUT2D eigenvalue weighted by Gasteiger charge is -2.48. The van der Waals surface area contributed by atoms with Gasteiger partial charge in [0.2, 0.25) is 0 Å². The predicted molar refractivity (Wildman–Crippen MR) is 171 cm³/mol.